The fourth-order valence-corrected chi connectivity index (χ4v) is 5.94. The van der Waals surface area contributed by atoms with Gasteiger partial charge in [0.15, 0.2) is 0 Å². The van der Waals surface area contributed by atoms with E-state index in [1.165, 1.54) is 6.42 Å². The van der Waals surface area contributed by atoms with Gasteiger partial charge < -0.3 is 34.7 Å². The van der Waals surface area contributed by atoms with Crippen LogP contribution in [0.5, 0.6) is 0 Å². The van der Waals surface area contributed by atoms with E-state index in [1.807, 2.05) is 46.6 Å². The Morgan fingerprint density at radius 1 is 1.05 bits per heavy atom. The molecular formula is C35H70N4O5. The summed E-state index contributed by atoms with van der Waals surface area (Å²) in [5.74, 6) is 0.110. The minimum atomic E-state index is -0.347. The fraction of sp³-hybridized carbons (Fsp3) is 0.857. The molecular weight excluding hydrogens is 556 g/mol. The lowest BCUT2D eigenvalue weighted by atomic mass is 9.90. The second kappa shape index (κ2) is 25.2. The summed E-state index contributed by atoms with van der Waals surface area (Å²) in [6, 6.07) is -0.456. The third kappa shape index (κ3) is 14.0. The molecule has 1 aliphatic heterocycles. The average Bonchev–Trinajstić information content (AvgIpc) is 3.50. The number of rotatable bonds is 18. The molecule has 1 heterocycles. The molecule has 0 aromatic carbocycles. The van der Waals surface area contributed by atoms with Crippen molar-refractivity contribution in [3.8, 4) is 0 Å². The Morgan fingerprint density at radius 2 is 1.64 bits per heavy atom. The van der Waals surface area contributed by atoms with Crippen molar-refractivity contribution < 1.29 is 23.9 Å². The van der Waals surface area contributed by atoms with Crippen molar-refractivity contribution in [2.24, 2.45) is 17.8 Å². The monoisotopic (exact) mass is 627 g/mol. The topological polar surface area (TPSA) is 100 Å². The highest BCUT2D eigenvalue weighted by atomic mass is 16.5. The summed E-state index contributed by atoms with van der Waals surface area (Å²) in [5, 5.41) is 6.21. The summed E-state index contributed by atoms with van der Waals surface area (Å²) >= 11 is 0. The molecule has 0 aromatic rings. The highest BCUT2D eigenvalue weighted by Crippen LogP contribution is 2.29. The summed E-state index contributed by atoms with van der Waals surface area (Å²) in [5.41, 5.74) is 1.00. The number of allylic oxidation sites excluding steroid dienone is 1. The van der Waals surface area contributed by atoms with E-state index in [0.717, 1.165) is 37.7 Å². The number of amides is 2. The van der Waals surface area contributed by atoms with E-state index in [4.69, 9.17) is 9.47 Å². The number of hydrogen-bond acceptors (Lipinski definition) is 7. The van der Waals surface area contributed by atoms with E-state index in [-0.39, 0.29) is 66.3 Å². The number of likely N-dealkylation sites (N-methyl/N-ethyl adjacent to an activating group) is 2. The number of hydrogen-bond donors (Lipinski definition) is 2. The van der Waals surface area contributed by atoms with Gasteiger partial charge in [0.2, 0.25) is 11.8 Å². The Morgan fingerprint density at radius 3 is 2.07 bits per heavy atom. The van der Waals surface area contributed by atoms with Crippen molar-refractivity contribution in [1.29, 1.82) is 0 Å². The number of carbonyl (C=O) groups is 3. The lowest BCUT2D eigenvalue weighted by molar-refractivity contribution is -0.140. The molecule has 44 heavy (non-hydrogen) atoms. The zero-order chi connectivity index (χ0) is 34.4. The molecule has 2 N–H and O–H groups in total. The number of carbonyl (C=O) groups excluding carboxylic acids is 3. The van der Waals surface area contributed by atoms with Crippen LogP contribution in [0.2, 0.25) is 0 Å². The minimum Gasteiger partial charge on any atom is -0.379 e. The van der Waals surface area contributed by atoms with Gasteiger partial charge in [-0.2, -0.15) is 0 Å². The van der Waals surface area contributed by atoms with Gasteiger partial charge in [-0.15, -0.1) is 0 Å². The van der Waals surface area contributed by atoms with Crippen molar-refractivity contribution in [3.63, 3.8) is 0 Å². The van der Waals surface area contributed by atoms with E-state index in [0.29, 0.717) is 13.1 Å². The van der Waals surface area contributed by atoms with Crippen molar-refractivity contribution in [1.82, 2.24) is 20.4 Å². The Kier molecular flexibility index (Phi) is 25.3. The lowest BCUT2D eigenvalue weighted by Gasteiger charge is -2.41. The molecule has 0 radical (unpaired) electrons. The fourth-order valence-electron chi connectivity index (χ4n) is 5.94. The van der Waals surface area contributed by atoms with Crippen LogP contribution in [0, 0.1) is 17.8 Å². The quantitative estimate of drug-likeness (QED) is 0.189. The number of nitrogens with zero attached hydrogens (tertiary/aromatic N) is 2. The molecule has 0 spiro atoms. The number of methoxy groups -OCH3 is 2. The maximum absolute atomic E-state index is 13.7. The Bertz CT molecular complexity index is 806. The third-order valence-electron chi connectivity index (χ3n) is 8.33. The first-order chi connectivity index (χ1) is 20.9. The normalized spacial score (nSPS) is 18.9. The van der Waals surface area contributed by atoms with Crippen LogP contribution in [-0.4, -0.2) is 99.6 Å². The third-order valence-corrected chi connectivity index (χ3v) is 8.33. The maximum atomic E-state index is 13.7. The van der Waals surface area contributed by atoms with Gasteiger partial charge in [-0.25, -0.2) is 0 Å². The van der Waals surface area contributed by atoms with E-state index in [2.05, 4.69) is 56.2 Å². The lowest BCUT2D eigenvalue weighted by Crippen LogP contribution is -2.52. The summed E-state index contributed by atoms with van der Waals surface area (Å²) in [7, 11) is 7.11. The average molecular weight is 627 g/mol. The number of likely N-dealkylation sites (tertiary alicyclic amines) is 1. The molecule has 260 valence electrons. The highest BCUT2D eigenvalue weighted by molar-refractivity contribution is 5.82. The number of aldehydes is 1. The Hall–Kier alpha value is -1.97. The highest BCUT2D eigenvalue weighted by Gasteiger charge is 2.40. The molecule has 1 rings (SSSR count). The molecule has 7 unspecified atom stereocenters. The van der Waals surface area contributed by atoms with E-state index >= 15 is 0 Å². The van der Waals surface area contributed by atoms with Gasteiger partial charge in [0.05, 0.1) is 43.3 Å². The molecule has 2 amide bonds. The molecule has 7 atom stereocenters. The van der Waals surface area contributed by atoms with Crippen LogP contribution >= 0.6 is 0 Å². The van der Waals surface area contributed by atoms with Crippen LogP contribution < -0.4 is 10.6 Å². The number of nitrogens with one attached hydrogen (secondary N) is 2. The molecule has 0 aromatic heterocycles. The summed E-state index contributed by atoms with van der Waals surface area (Å²) in [6.07, 6.45) is 7.30. The van der Waals surface area contributed by atoms with Crippen molar-refractivity contribution in [2.75, 3.05) is 41.4 Å². The first kappa shape index (κ1) is 44.2. The van der Waals surface area contributed by atoms with Crippen LogP contribution in [0.15, 0.2) is 11.8 Å². The van der Waals surface area contributed by atoms with Crippen LogP contribution in [-0.2, 0) is 23.9 Å². The molecule has 9 nitrogen and oxygen atoms in total. The molecule has 1 aliphatic rings. The smallest absolute Gasteiger partial charge is 0.237 e. The standard InChI is InChI=1S/C30H56N4O5.C3H8.C2H6/c1-11-14-23(18-32-30(37)27(31-7)20(3)4)33(8)28(21(5)12-2)25(38-9)17-26(36)34-16-13-15-24(34)29(39-10)22(6)19-35;1-3-2;1-2/h14,19-22,24-25,27-29,31H,11-13,15-18H2,1-10H3,(H,32,37);3H2,1-2H3;1-2H3/b23-14+;;. The summed E-state index contributed by atoms with van der Waals surface area (Å²) in [4.78, 5) is 42.1. The zero-order valence-electron chi connectivity index (χ0n) is 30.9. The molecule has 0 bridgehead atoms. The van der Waals surface area contributed by atoms with E-state index in [1.54, 1.807) is 21.3 Å². The van der Waals surface area contributed by atoms with Gasteiger partial charge in [0, 0.05) is 39.4 Å². The summed E-state index contributed by atoms with van der Waals surface area (Å²) in [6.45, 7) is 21.6. The van der Waals surface area contributed by atoms with Crippen molar-refractivity contribution >= 4 is 18.1 Å². The minimum absolute atomic E-state index is 0.0225. The van der Waals surface area contributed by atoms with Crippen molar-refractivity contribution in [2.45, 2.75) is 138 Å². The molecule has 9 heteroatoms. The van der Waals surface area contributed by atoms with Crippen LogP contribution in [0.25, 0.3) is 0 Å². The SMILES string of the molecule is CC.CC/C=C(\CNC(=O)C(NC)C(C)C)N(C)C(C(C)CC)C(CC(=O)N1CCCC1C(OC)C(C)C=O)OC.CCC. The second-order valence-corrected chi connectivity index (χ2v) is 12.0. The predicted octanol–water partition coefficient (Wildman–Crippen LogP) is 5.68. The van der Waals surface area contributed by atoms with E-state index < -0.39 is 0 Å². The Balaban J connectivity index is 0. The van der Waals surface area contributed by atoms with Crippen LogP contribution in [0.1, 0.15) is 108 Å². The Labute approximate surface area is 271 Å². The largest absolute Gasteiger partial charge is 0.379 e. The molecule has 0 aliphatic carbocycles. The molecule has 1 saturated heterocycles. The molecule has 1 fully saturated rings. The van der Waals surface area contributed by atoms with Crippen LogP contribution in [0.3, 0.4) is 0 Å². The molecule has 0 saturated carbocycles. The van der Waals surface area contributed by atoms with E-state index in [9.17, 15) is 14.4 Å². The van der Waals surface area contributed by atoms with Crippen molar-refractivity contribution in [3.05, 3.63) is 11.8 Å². The first-order valence-corrected chi connectivity index (χ1v) is 17.1. The first-order valence-electron chi connectivity index (χ1n) is 17.1. The van der Waals surface area contributed by atoms with Gasteiger partial charge in [-0.3, -0.25) is 9.59 Å². The van der Waals surface area contributed by atoms with Gasteiger partial charge >= 0.3 is 0 Å². The predicted molar refractivity (Wildman–Crippen MR) is 184 cm³/mol. The van der Waals surface area contributed by atoms with Gasteiger partial charge in [-0.1, -0.05) is 88.2 Å². The second-order valence-electron chi connectivity index (χ2n) is 12.0. The van der Waals surface area contributed by atoms with Gasteiger partial charge in [0.1, 0.15) is 6.29 Å². The van der Waals surface area contributed by atoms with Gasteiger partial charge in [-0.05, 0) is 38.1 Å². The summed E-state index contributed by atoms with van der Waals surface area (Å²) < 4.78 is 11.7. The van der Waals surface area contributed by atoms with Gasteiger partial charge in [0.25, 0.3) is 0 Å². The maximum Gasteiger partial charge on any atom is 0.237 e. The van der Waals surface area contributed by atoms with Crippen LogP contribution in [0.4, 0.5) is 0 Å². The number of ether oxygens (including phenoxy) is 2. The zero-order valence-corrected chi connectivity index (χ0v) is 30.9.